The van der Waals surface area contributed by atoms with Gasteiger partial charge in [0.25, 0.3) is 0 Å². The molecule has 3 aromatic rings. The number of nitrogens with one attached hydrogen (secondary N) is 2. The molecule has 2 amide bonds. The molecule has 0 bridgehead atoms. The summed E-state index contributed by atoms with van der Waals surface area (Å²) in [6.07, 6.45) is 0.670. The summed E-state index contributed by atoms with van der Waals surface area (Å²) in [7, 11) is 0. The maximum absolute atomic E-state index is 13.1. The van der Waals surface area contributed by atoms with Gasteiger partial charge < -0.3 is 10.6 Å². The van der Waals surface area contributed by atoms with Crippen molar-refractivity contribution < 1.29 is 22.8 Å². The summed E-state index contributed by atoms with van der Waals surface area (Å²) >= 11 is 1.25. The van der Waals surface area contributed by atoms with E-state index in [9.17, 15) is 22.8 Å². The molecule has 1 aromatic heterocycles. The Morgan fingerprint density at radius 2 is 1.49 bits per heavy atom. The van der Waals surface area contributed by atoms with Crippen LogP contribution in [0.25, 0.3) is 0 Å². The van der Waals surface area contributed by atoms with Gasteiger partial charge in [-0.1, -0.05) is 66.7 Å². The second kappa shape index (κ2) is 14.4. The first-order valence-corrected chi connectivity index (χ1v) is 13.1. The molecule has 9 heteroatoms. The van der Waals surface area contributed by atoms with Gasteiger partial charge in [-0.15, -0.1) is 11.8 Å². The number of rotatable bonds is 13. The molecule has 0 saturated carbocycles. The molecule has 3 rings (SSSR count). The number of alkyl halides is 3. The van der Waals surface area contributed by atoms with Gasteiger partial charge in [-0.05, 0) is 48.4 Å². The number of carbonyl (C=O) groups is 2. The van der Waals surface area contributed by atoms with E-state index < -0.39 is 23.4 Å². The van der Waals surface area contributed by atoms with Crippen molar-refractivity contribution in [2.45, 2.75) is 43.2 Å². The van der Waals surface area contributed by atoms with E-state index in [1.54, 1.807) is 36.7 Å². The molecule has 2 atom stereocenters. The van der Waals surface area contributed by atoms with Gasteiger partial charge in [0.05, 0.1) is 5.25 Å². The first kappa shape index (κ1) is 28.2. The third-order valence-electron chi connectivity index (χ3n) is 5.64. The Morgan fingerprint density at radius 3 is 2.08 bits per heavy atom. The molecule has 0 saturated heterocycles. The van der Waals surface area contributed by atoms with E-state index >= 15 is 0 Å². The van der Waals surface area contributed by atoms with Crippen molar-refractivity contribution in [3.63, 3.8) is 0 Å². The number of pyridine rings is 1. The Kier molecular flexibility index (Phi) is 11.0. The zero-order valence-electron chi connectivity index (χ0n) is 20.3. The molecular weight excluding hydrogens is 499 g/mol. The van der Waals surface area contributed by atoms with Crippen LogP contribution in [0.5, 0.6) is 0 Å². The minimum absolute atomic E-state index is 0.150. The maximum Gasteiger partial charge on any atom is 0.471 e. The number of aromatic nitrogens is 1. The minimum atomic E-state index is -4.98. The number of hydrogen-bond acceptors (Lipinski definition) is 4. The predicted molar refractivity (Wildman–Crippen MR) is 140 cm³/mol. The number of amides is 2. The lowest BCUT2D eigenvalue weighted by atomic mass is 10.1. The van der Waals surface area contributed by atoms with E-state index in [4.69, 9.17) is 0 Å². The number of hydrogen-bond donors (Lipinski definition) is 2. The fourth-order valence-electron chi connectivity index (χ4n) is 3.77. The number of aryl methyl sites for hydroxylation is 1. The Morgan fingerprint density at radius 1 is 0.865 bits per heavy atom. The van der Waals surface area contributed by atoms with E-state index in [0.29, 0.717) is 13.0 Å². The molecule has 0 fully saturated rings. The third-order valence-corrected chi connectivity index (χ3v) is 7.01. The van der Waals surface area contributed by atoms with Crippen LogP contribution in [0.4, 0.5) is 13.2 Å². The second-order valence-corrected chi connectivity index (χ2v) is 9.86. The molecule has 37 heavy (non-hydrogen) atoms. The van der Waals surface area contributed by atoms with Crippen LogP contribution in [0, 0.1) is 0 Å². The fourth-order valence-corrected chi connectivity index (χ4v) is 4.98. The molecule has 0 aliphatic heterocycles. The van der Waals surface area contributed by atoms with Gasteiger partial charge in [-0.3, -0.25) is 14.6 Å². The highest BCUT2D eigenvalue weighted by atomic mass is 32.2. The quantitative estimate of drug-likeness (QED) is 0.313. The third kappa shape index (κ3) is 10.3. The summed E-state index contributed by atoms with van der Waals surface area (Å²) in [5.74, 6) is -2.01. The van der Waals surface area contributed by atoms with E-state index in [1.807, 2.05) is 48.5 Å². The summed E-state index contributed by atoms with van der Waals surface area (Å²) < 4.78 is 38.9. The van der Waals surface area contributed by atoms with Crippen molar-refractivity contribution in [1.82, 2.24) is 15.6 Å². The van der Waals surface area contributed by atoms with Crippen molar-refractivity contribution >= 4 is 23.6 Å². The lowest BCUT2D eigenvalue weighted by Gasteiger charge is -2.23. The molecule has 196 valence electrons. The molecular formula is C28H30F3N3O2S. The molecule has 1 heterocycles. The predicted octanol–water partition coefficient (Wildman–Crippen LogP) is 4.76. The van der Waals surface area contributed by atoms with Crippen molar-refractivity contribution in [2.75, 3.05) is 12.3 Å². The summed E-state index contributed by atoms with van der Waals surface area (Å²) in [5.41, 5.74) is 2.83. The number of carbonyl (C=O) groups excluding carboxylic acids is 2. The van der Waals surface area contributed by atoms with Gasteiger partial charge in [-0.2, -0.15) is 13.2 Å². The summed E-state index contributed by atoms with van der Waals surface area (Å²) in [6, 6.07) is 21.5. The lowest BCUT2D eigenvalue weighted by molar-refractivity contribution is -0.174. The molecule has 0 aliphatic carbocycles. The van der Waals surface area contributed by atoms with Gasteiger partial charge in [-0.25, -0.2) is 0 Å². The fraction of sp³-hybridized carbons (Fsp3) is 0.321. The van der Waals surface area contributed by atoms with Crippen LogP contribution in [-0.2, 0) is 28.9 Å². The highest BCUT2D eigenvalue weighted by Crippen LogP contribution is 2.21. The maximum atomic E-state index is 13.1. The topological polar surface area (TPSA) is 71.1 Å². The summed E-state index contributed by atoms with van der Waals surface area (Å²) in [6.45, 7) is 0.470. The first-order valence-electron chi connectivity index (χ1n) is 12.0. The van der Waals surface area contributed by atoms with Gasteiger partial charge >= 0.3 is 12.1 Å². The molecule has 2 aromatic carbocycles. The molecule has 5 nitrogen and oxygen atoms in total. The van der Waals surface area contributed by atoms with Crippen LogP contribution < -0.4 is 10.6 Å². The van der Waals surface area contributed by atoms with Gasteiger partial charge in [0.1, 0.15) is 0 Å². The van der Waals surface area contributed by atoms with E-state index in [-0.39, 0.29) is 18.1 Å². The summed E-state index contributed by atoms with van der Waals surface area (Å²) in [4.78, 5) is 28.9. The van der Waals surface area contributed by atoms with Gasteiger partial charge in [0.2, 0.25) is 5.91 Å². The number of nitrogens with zero attached hydrogens (tertiary/aromatic N) is 1. The van der Waals surface area contributed by atoms with Gasteiger partial charge in [0, 0.05) is 30.7 Å². The Balaban J connectivity index is 1.64. The highest BCUT2D eigenvalue weighted by molar-refractivity contribution is 8.00. The average Bonchev–Trinajstić information content (AvgIpc) is 2.90. The zero-order chi connectivity index (χ0) is 26.5. The normalized spacial score (nSPS) is 12.9. The molecule has 0 radical (unpaired) electrons. The standard InChI is InChI=1S/C28H30F3N3O2S/c29-28(30,31)27(36)34-24(17-21-9-3-1-4-10-21)20-37-25(18-22-11-5-2-6-12-22)26(35)33-16-8-14-23-13-7-15-32-19-23/h1-7,9-13,15,19,24-25H,8,14,16-18,20H2,(H,33,35)(H,34,36)/t24-,25+/m0/s1. The van der Waals surface area contributed by atoms with E-state index in [2.05, 4.69) is 15.6 Å². The van der Waals surface area contributed by atoms with E-state index in [0.717, 1.165) is 29.5 Å². The van der Waals surface area contributed by atoms with Crippen LogP contribution in [0.15, 0.2) is 85.2 Å². The molecule has 0 spiro atoms. The molecule has 0 aliphatic rings. The Bertz CT molecular complexity index is 1100. The van der Waals surface area contributed by atoms with Crippen LogP contribution in [0.1, 0.15) is 23.1 Å². The monoisotopic (exact) mass is 529 g/mol. The van der Waals surface area contributed by atoms with Crippen LogP contribution in [0.2, 0.25) is 0 Å². The largest absolute Gasteiger partial charge is 0.471 e. The average molecular weight is 530 g/mol. The smallest absolute Gasteiger partial charge is 0.355 e. The van der Waals surface area contributed by atoms with Crippen LogP contribution in [-0.4, -0.2) is 46.6 Å². The van der Waals surface area contributed by atoms with Crippen LogP contribution in [0.3, 0.4) is 0 Å². The number of thioether (sulfide) groups is 1. The molecule has 0 unspecified atom stereocenters. The van der Waals surface area contributed by atoms with Crippen molar-refractivity contribution in [2.24, 2.45) is 0 Å². The van der Waals surface area contributed by atoms with Crippen molar-refractivity contribution in [3.05, 3.63) is 102 Å². The summed E-state index contributed by atoms with van der Waals surface area (Å²) in [5, 5.41) is 4.55. The lowest BCUT2D eigenvalue weighted by Crippen LogP contribution is -2.46. The van der Waals surface area contributed by atoms with E-state index in [1.165, 1.54) is 11.8 Å². The number of benzene rings is 2. The minimum Gasteiger partial charge on any atom is -0.355 e. The highest BCUT2D eigenvalue weighted by Gasteiger charge is 2.39. The van der Waals surface area contributed by atoms with Crippen LogP contribution >= 0.6 is 11.8 Å². The first-order chi connectivity index (χ1) is 17.8. The SMILES string of the molecule is O=C(NCCCc1cccnc1)[C@@H](Cc1ccccc1)SC[C@H](Cc1ccccc1)NC(=O)C(F)(F)F. The Labute approximate surface area is 219 Å². The zero-order valence-corrected chi connectivity index (χ0v) is 21.1. The molecule has 2 N–H and O–H groups in total. The van der Waals surface area contributed by atoms with Crippen molar-refractivity contribution in [3.8, 4) is 0 Å². The van der Waals surface area contributed by atoms with Gasteiger partial charge in [0.15, 0.2) is 0 Å². The Hall–Kier alpha value is -3.33. The van der Waals surface area contributed by atoms with Crippen molar-refractivity contribution in [1.29, 1.82) is 0 Å². The second-order valence-electron chi connectivity index (χ2n) is 8.63. The number of halogens is 3.